The summed E-state index contributed by atoms with van der Waals surface area (Å²) in [5.41, 5.74) is 1.59. The lowest BCUT2D eigenvalue weighted by Crippen LogP contribution is -2.40. The molecule has 2 aromatic rings. The van der Waals surface area contributed by atoms with E-state index in [1.807, 2.05) is 12.1 Å². The molecule has 10 heteroatoms. The Bertz CT molecular complexity index is 1140. The third kappa shape index (κ3) is 6.69. The number of ketones is 1. The number of Topliss-reactive ketones (excluding diaryl/α,β-unsaturated/α-hetero) is 1. The number of carbonyl (C=O) groups is 1. The van der Waals surface area contributed by atoms with Crippen molar-refractivity contribution >= 4 is 15.8 Å². The molecule has 37 heavy (non-hydrogen) atoms. The number of piperidine rings is 1. The normalized spacial score (nSPS) is 18.3. The SMILES string of the molecule is COc1ccc(C(CNCC(=O)c2ccc(S(=O)(=O)N3CCOCC3)cc2)N2CCCCC2)cc1OC. The fraction of sp³-hybridized carbons (Fsp3) is 0.519. The molecule has 202 valence electrons. The first kappa shape index (κ1) is 27.5. The number of hydrogen-bond donors (Lipinski definition) is 1. The van der Waals surface area contributed by atoms with Crippen LogP contribution in [0.25, 0.3) is 0 Å². The molecular formula is C27H37N3O6S. The van der Waals surface area contributed by atoms with Gasteiger partial charge in [0.25, 0.3) is 0 Å². The average molecular weight is 532 g/mol. The molecule has 1 unspecified atom stereocenters. The lowest BCUT2D eigenvalue weighted by Gasteiger charge is -2.35. The molecule has 0 saturated carbocycles. The highest BCUT2D eigenvalue weighted by Crippen LogP contribution is 2.33. The van der Waals surface area contributed by atoms with Gasteiger partial charge < -0.3 is 19.5 Å². The van der Waals surface area contributed by atoms with Crippen LogP contribution in [-0.4, -0.2) is 90.1 Å². The van der Waals surface area contributed by atoms with Crippen molar-refractivity contribution < 1.29 is 27.4 Å². The summed E-state index contributed by atoms with van der Waals surface area (Å²) in [5.74, 6) is 1.29. The lowest BCUT2D eigenvalue weighted by atomic mass is 10.0. The minimum atomic E-state index is -3.58. The molecule has 0 bridgehead atoms. The van der Waals surface area contributed by atoms with Crippen LogP contribution in [-0.2, 0) is 14.8 Å². The summed E-state index contributed by atoms with van der Waals surface area (Å²) in [5, 5.41) is 3.34. The van der Waals surface area contributed by atoms with Crippen LogP contribution in [0.3, 0.4) is 0 Å². The number of carbonyl (C=O) groups excluding carboxylic acids is 1. The molecule has 2 saturated heterocycles. The molecule has 0 amide bonds. The summed E-state index contributed by atoms with van der Waals surface area (Å²) in [7, 11) is -0.332. The highest BCUT2D eigenvalue weighted by molar-refractivity contribution is 7.89. The standard InChI is InChI=1S/C27H37N3O6S/c1-34-26-11-8-22(18-27(26)35-2)24(29-12-4-3-5-13-29)19-28-20-25(31)21-6-9-23(10-7-21)37(32,33)30-14-16-36-17-15-30/h6-11,18,24,28H,3-5,12-17,19-20H2,1-2H3. The van der Waals surface area contributed by atoms with Crippen molar-refractivity contribution in [3.63, 3.8) is 0 Å². The summed E-state index contributed by atoms with van der Waals surface area (Å²) in [6.07, 6.45) is 3.54. The average Bonchev–Trinajstić information content (AvgIpc) is 2.96. The molecule has 1 atom stereocenters. The van der Waals surface area contributed by atoms with Crippen molar-refractivity contribution in [2.75, 3.05) is 66.7 Å². The topological polar surface area (TPSA) is 97.4 Å². The van der Waals surface area contributed by atoms with Gasteiger partial charge in [-0.1, -0.05) is 24.6 Å². The maximum Gasteiger partial charge on any atom is 0.243 e. The summed E-state index contributed by atoms with van der Waals surface area (Å²) < 4.78 is 43.3. The molecule has 0 radical (unpaired) electrons. The Labute approximate surface area is 219 Å². The smallest absolute Gasteiger partial charge is 0.243 e. The van der Waals surface area contributed by atoms with Gasteiger partial charge in [0.15, 0.2) is 17.3 Å². The summed E-state index contributed by atoms with van der Waals surface area (Å²) in [4.78, 5) is 15.5. The van der Waals surface area contributed by atoms with Crippen LogP contribution >= 0.6 is 0 Å². The van der Waals surface area contributed by atoms with E-state index in [-0.39, 0.29) is 23.3 Å². The number of ether oxygens (including phenoxy) is 3. The molecule has 0 aliphatic carbocycles. The van der Waals surface area contributed by atoms with E-state index < -0.39 is 10.0 Å². The largest absolute Gasteiger partial charge is 0.493 e. The van der Waals surface area contributed by atoms with Gasteiger partial charge in [-0.15, -0.1) is 0 Å². The summed E-state index contributed by atoms with van der Waals surface area (Å²) in [6, 6.07) is 12.3. The number of rotatable bonds is 11. The van der Waals surface area contributed by atoms with E-state index in [4.69, 9.17) is 14.2 Å². The van der Waals surface area contributed by atoms with E-state index in [0.717, 1.165) is 31.5 Å². The molecule has 1 N–H and O–H groups in total. The number of likely N-dealkylation sites (tertiary alicyclic amines) is 1. The van der Waals surface area contributed by atoms with Gasteiger partial charge in [-0.2, -0.15) is 4.31 Å². The summed E-state index contributed by atoms with van der Waals surface area (Å²) in [6.45, 7) is 4.24. The van der Waals surface area contributed by atoms with Crippen LogP contribution in [0.15, 0.2) is 47.4 Å². The molecule has 2 aromatic carbocycles. The van der Waals surface area contributed by atoms with Crippen molar-refractivity contribution in [3.8, 4) is 11.5 Å². The van der Waals surface area contributed by atoms with Crippen LogP contribution in [0.2, 0.25) is 0 Å². The summed E-state index contributed by atoms with van der Waals surface area (Å²) >= 11 is 0. The van der Waals surface area contributed by atoms with Crippen LogP contribution in [0.5, 0.6) is 11.5 Å². The lowest BCUT2D eigenvalue weighted by molar-refractivity contribution is 0.0730. The molecule has 0 aromatic heterocycles. The van der Waals surface area contributed by atoms with Crippen molar-refractivity contribution in [3.05, 3.63) is 53.6 Å². The zero-order valence-electron chi connectivity index (χ0n) is 21.6. The van der Waals surface area contributed by atoms with Crippen LogP contribution in [0, 0.1) is 0 Å². The monoisotopic (exact) mass is 531 g/mol. The molecule has 9 nitrogen and oxygen atoms in total. The van der Waals surface area contributed by atoms with E-state index >= 15 is 0 Å². The zero-order chi connectivity index (χ0) is 26.3. The molecule has 0 spiro atoms. The fourth-order valence-electron chi connectivity index (χ4n) is 4.92. The van der Waals surface area contributed by atoms with E-state index in [2.05, 4.69) is 16.3 Å². The molecule has 2 aliphatic heterocycles. The molecule has 2 fully saturated rings. The van der Waals surface area contributed by atoms with Gasteiger partial charge >= 0.3 is 0 Å². The van der Waals surface area contributed by atoms with Crippen molar-refractivity contribution in [2.45, 2.75) is 30.2 Å². The quantitative estimate of drug-likeness (QED) is 0.442. The molecule has 2 heterocycles. The van der Waals surface area contributed by atoms with E-state index in [1.54, 1.807) is 26.4 Å². The maximum atomic E-state index is 12.9. The van der Waals surface area contributed by atoms with Gasteiger partial charge in [-0.25, -0.2) is 8.42 Å². The first-order chi connectivity index (χ1) is 17.9. The van der Waals surface area contributed by atoms with Gasteiger partial charge in [0.2, 0.25) is 10.0 Å². The second kappa shape index (κ2) is 12.8. The van der Waals surface area contributed by atoms with Gasteiger partial charge in [-0.05, 0) is 55.8 Å². The number of sulfonamides is 1. The zero-order valence-corrected chi connectivity index (χ0v) is 22.5. The predicted molar refractivity (Wildman–Crippen MR) is 141 cm³/mol. The molecular weight excluding hydrogens is 494 g/mol. The Morgan fingerprint density at radius 1 is 0.946 bits per heavy atom. The van der Waals surface area contributed by atoms with E-state index in [1.165, 1.54) is 22.9 Å². The van der Waals surface area contributed by atoms with Crippen molar-refractivity contribution in [2.24, 2.45) is 0 Å². The second-order valence-electron chi connectivity index (χ2n) is 9.32. The minimum absolute atomic E-state index is 0.0833. The number of morpholine rings is 1. The number of benzene rings is 2. The van der Waals surface area contributed by atoms with Crippen LogP contribution in [0.4, 0.5) is 0 Å². The number of hydrogen-bond acceptors (Lipinski definition) is 8. The Hall–Kier alpha value is -2.50. The highest BCUT2D eigenvalue weighted by Gasteiger charge is 2.27. The third-order valence-electron chi connectivity index (χ3n) is 7.03. The first-order valence-electron chi connectivity index (χ1n) is 12.8. The van der Waals surface area contributed by atoms with Crippen molar-refractivity contribution in [1.29, 1.82) is 0 Å². The third-order valence-corrected chi connectivity index (χ3v) is 8.94. The van der Waals surface area contributed by atoms with E-state index in [0.29, 0.717) is 49.9 Å². The predicted octanol–water partition coefficient (Wildman–Crippen LogP) is 2.72. The van der Waals surface area contributed by atoms with Crippen LogP contribution in [0.1, 0.15) is 41.2 Å². The second-order valence-corrected chi connectivity index (χ2v) is 11.3. The van der Waals surface area contributed by atoms with E-state index in [9.17, 15) is 13.2 Å². The number of nitrogens with zero attached hydrogens (tertiary/aromatic N) is 2. The first-order valence-corrected chi connectivity index (χ1v) is 14.3. The highest BCUT2D eigenvalue weighted by atomic mass is 32.2. The van der Waals surface area contributed by atoms with Gasteiger partial charge in [0.1, 0.15) is 0 Å². The number of nitrogens with one attached hydrogen (secondary N) is 1. The molecule has 4 rings (SSSR count). The Morgan fingerprint density at radius 2 is 1.62 bits per heavy atom. The maximum absolute atomic E-state index is 12.9. The Kier molecular flexibility index (Phi) is 9.55. The van der Waals surface area contributed by atoms with Crippen molar-refractivity contribution in [1.82, 2.24) is 14.5 Å². The fourth-order valence-corrected chi connectivity index (χ4v) is 6.33. The molecule has 2 aliphatic rings. The van der Waals surface area contributed by atoms with Crippen LogP contribution < -0.4 is 14.8 Å². The Balaban J connectivity index is 1.40. The van der Waals surface area contributed by atoms with Gasteiger partial charge in [0.05, 0.1) is 38.9 Å². The van der Waals surface area contributed by atoms with Gasteiger partial charge in [0, 0.05) is 31.2 Å². The Morgan fingerprint density at radius 3 is 2.27 bits per heavy atom. The minimum Gasteiger partial charge on any atom is -0.493 e. The van der Waals surface area contributed by atoms with Gasteiger partial charge in [-0.3, -0.25) is 9.69 Å². The number of methoxy groups -OCH3 is 2.